The van der Waals surface area contributed by atoms with Gasteiger partial charge in [-0.25, -0.2) is 4.99 Å². The number of amidine groups is 1. The summed E-state index contributed by atoms with van der Waals surface area (Å²) in [5.41, 5.74) is 21.4. The largest absolute Gasteiger partial charge is 0.386 e. The Hall–Kier alpha value is -1.14. The van der Waals surface area contributed by atoms with Crippen LogP contribution in [-0.4, -0.2) is 24.0 Å². The predicted octanol–water partition coefficient (Wildman–Crippen LogP) is -2.72. The third-order valence-corrected chi connectivity index (χ3v) is 1.23. The summed E-state index contributed by atoms with van der Waals surface area (Å²) in [4.78, 5) is 7.33. The number of nitrogens with zero attached hydrogens (tertiary/aromatic N) is 2. The topological polar surface area (TPSA) is 129 Å². The lowest BCUT2D eigenvalue weighted by molar-refractivity contribution is 0.637. The maximum absolute atomic E-state index is 5.44. The van der Waals surface area contributed by atoms with E-state index >= 15 is 0 Å². The second-order valence-electron chi connectivity index (χ2n) is 2.04. The Bertz CT molecular complexity index is 194. The molecule has 0 aromatic rings. The lowest BCUT2D eigenvalue weighted by atomic mass is 10.2. The molecule has 0 aromatic heterocycles. The van der Waals surface area contributed by atoms with Crippen molar-refractivity contribution in [1.29, 1.82) is 0 Å². The summed E-state index contributed by atoms with van der Waals surface area (Å²) < 4.78 is 0. The zero-order valence-corrected chi connectivity index (χ0v) is 5.36. The molecule has 2 unspecified atom stereocenters. The van der Waals surface area contributed by atoms with Crippen LogP contribution in [0, 0.1) is 0 Å². The third-order valence-electron chi connectivity index (χ3n) is 1.23. The molecule has 56 valence electrons. The van der Waals surface area contributed by atoms with E-state index in [1.54, 1.807) is 0 Å². The summed E-state index contributed by atoms with van der Waals surface area (Å²) in [5, 5.41) is 0. The number of aliphatic imine (C=N–C) groups is 2. The third kappa shape index (κ3) is 1.07. The van der Waals surface area contributed by atoms with Crippen molar-refractivity contribution < 1.29 is 0 Å². The number of rotatable bonds is 0. The van der Waals surface area contributed by atoms with Gasteiger partial charge in [-0.2, -0.15) is 4.99 Å². The van der Waals surface area contributed by atoms with E-state index in [-0.39, 0.29) is 11.8 Å². The van der Waals surface area contributed by atoms with E-state index < -0.39 is 12.2 Å². The van der Waals surface area contributed by atoms with E-state index in [4.69, 9.17) is 22.9 Å². The highest BCUT2D eigenvalue weighted by molar-refractivity contribution is 5.99. The fourth-order valence-corrected chi connectivity index (χ4v) is 0.644. The molecule has 0 amide bonds. The van der Waals surface area contributed by atoms with Crippen LogP contribution in [0.1, 0.15) is 0 Å². The molecule has 0 radical (unpaired) electrons. The predicted molar refractivity (Wildman–Crippen MR) is 39.2 cm³/mol. The van der Waals surface area contributed by atoms with Crippen molar-refractivity contribution in [2.24, 2.45) is 32.9 Å². The number of hydrogen-bond donors (Lipinski definition) is 4. The zero-order valence-electron chi connectivity index (χ0n) is 5.36. The Balaban J connectivity index is 2.85. The Kier molecular flexibility index (Phi) is 1.56. The lowest BCUT2D eigenvalue weighted by Gasteiger charge is -2.19. The quantitative estimate of drug-likeness (QED) is 0.293. The van der Waals surface area contributed by atoms with Gasteiger partial charge in [0.1, 0.15) is 12.0 Å². The number of nitrogens with two attached hydrogens (primary N) is 4. The molecule has 1 rings (SSSR count). The Morgan fingerprint density at radius 3 is 2.30 bits per heavy atom. The highest BCUT2D eigenvalue weighted by atomic mass is 15.2. The average Bonchev–Trinajstić information content (AvgIpc) is 1.82. The summed E-state index contributed by atoms with van der Waals surface area (Å²) in [6.45, 7) is 0. The molecule has 0 aliphatic carbocycles. The summed E-state index contributed by atoms with van der Waals surface area (Å²) in [6, 6.07) is -0.507. The van der Waals surface area contributed by atoms with Crippen molar-refractivity contribution in [1.82, 2.24) is 0 Å². The van der Waals surface area contributed by atoms with Crippen LogP contribution in [0.4, 0.5) is 0 Å². The van der Waals surface area contributed by atoms with Crippen molar-refractivity contribution in [2.75, 3.05) is 0 Å². The van der Waals surface area contributed by atoms with Gasteiger partial charge in [0.25, 0.3) is 0 Å². The molecule has 6 heteroatoms. The highest BCUT2D eigenvalue weighted by Gasteiger charge is 2.20. The molecule has 10 heavy (non-hydrogen) atoms. The summed E-state index contributed by atoms with van der Waals surface area (Å²) in [6.07, 6.45) is -0.558. The van der Waals surface area contributed by atoms with E-state index in [0.29, 0.717) is 0 Å². The number of hydrogen-bond acceptors (Lipinski definition) is 6. The Morgan fingerprint density at radius 1 is 1.20 bits per heavy atom. The van der Waals surface area contributed by atoms with Crippen LogP contribution in [0.25, 0.3) is 0 Å². The fraction of sp³-hybridized carbons (Fsp3) is 0.500. The molecule has 8 N–H and O–H groups in total. The second-order valence-corrected chi connectivity index (χ2v) is 2.04. The van der Waals surface area contributed by atoms with E-state index in [0.717, 1.165) is 0 Å². The molecule has 2 atom stereocenters. The molecule has 0 bridgehead atoms. The maximum atomic E-state index is 5.44. The van der Waals surface area contributed by atoms with Crippen LogP contribution in [0.5, 0.6) is 0 Å². The minimum Gasteiger partial charge on any atom is -0.386 e. The van der Waals surface area contributed by atoms with Gasteiger partial charge < -0.3 is 22.9 Å². The van der Waals surface area contributed by atoms with Gasteiger partial charge in [0.05, 0.1) is 6.04 Å². The van der Waals surface area contributed by atoms with Crippen molar-refractivity contribution in [3.63, 3.8) is 0 Å². The average molecular weight is 142 g/mol. The van der Waals surface area contributed by atoms with Gasteiger partial charge in [0, 0.05) is 0 Å². The van der Waals surface area contributed by atoms with Crippen LogP contribution in [-0.2, 0) is 0 Å². The minimum atomic E-state index is -0.558. The van der Waals surface area contributed by atoms with Crippen molar-refractivity contribution in [3.8, 4) is 0 Å². The normalized spacial score (nSPS) is 33.0. The van der Waals surface area contributed by atoms with E-state index in [9.17, 15) is 0 Å². The van der Waals surface area contributed by atoms with E-state index in [1.807, 2.05) is 0 Å². The molecule has 1 aliphatic rings. The molecule has 0 saturated carbocycles. The Labute approximate surface area is 58.0 Å². The maximum Gasteiger partial charge on any atom is 0.218 e. The molecular weight excluding hydrogens is 132 g/mol. The van der Waals surface area contributed by atoms with Gasteiger partial charge in [-0.15, -0.1) is 0 Å². The fourth-order valence-electron chi connectivity index (χ4n) is 0.644. The first-order chi connectivity index (χ1) is 4.61. The van der Waals surface area contributed by atoms with Gasteiger partial charge in [-0.3, -0.25) is 0 Å². The second kappa shape index (κ2) is 2.24. The van der Waals surface area contributed by atoms with Gasteiger partial charge in [-0.1, -0.05) is 0 Å². The zero-order chi connectivity index (χ0) is 7.72. The number of guanidine groups is 1. The molecule has 6 nitrogen and oxygen atoms in total. The molecule has 0 saturated heterocycles. The molecular formula is C4H10N6. The molecule has 1 heterocycles. The van der Waals surface area contributed by atoms with Crippen LogP contribution in [0.15, 0.2) is 9.98 Å². The van der Waals surface area contributed by atoms with E-state index in [2.05, 4.69) is 9.98 Å². The minimum absolute atomic E-state index is 0.0895. The first kappa shape index (κ1) is 6.97. The van der Waals surface area contributed by atoms with Gasteiger partial charge >= 0.3 is 0 Å². The first-order valence-corrected chi connectivity index (χ1v) is 2.80. The van der Waals surface area contributed by atoms with Crippen molar-refractivity contribution in [3.05, 3.63) is 0 Å². The van der Waals surface area contributed by atoms with Crippen LogP contribution in [0.3, 0.4) is 0 Å². The van der Waals surface area contributed by atoms with Gasteiger partial charge in [0.2, 0.25) is 5.96 Å². The summed E-state index contributed by atoms with van der Waals surface area (Å²) in [5.74, 6) is 0.326. The molecule has 1 aliphatic heterocycles. The molecule has 0 spiro atoms. The van der Waals surface area contributed by atoms with Gasteiger partial charge in [-0.05, 0) is 0 Å². The summed E-state index contributed by atoms with van der Waals surface area (Å²) >= 11 is 0. The van der Waals surface area contributed by atoms with Crippen molar-refractivity contribution >= 4 is 11.8 Å². The van der Waals surface area contributed by atoms with Crippen molar-refractivity contribution in [2.45, 2.75) is 12.2 Å². The monoisotopic (exact) mass is 142 g/mol. The Morgan fingerprint density at radius 2 is 1.80 bits per heavy atom. The SMILES string of the molecule is NC1=NC(N)C(N)C(N)=N1. The van der Waals surface area contributed by atoms with Crippen LogP contribution < -0.4 is 22.9 Å². The smallest absolute Gasteiger partial charge is 0.218 e. The first-order valence-electron chi connectivity index (χ1n) is 2.80. The standard InChI is InChI=1S/C4H10N6/c5-1-2(6)9-4(8)10-3(1)7/h1-2H,5-6H2,(H4,7,8,9,10). The summed E-state index contributed by atoms with van der Waals surface area (Å²) in [7, 11) is 0. The van der Waals surface area contributed by atoms with Crippen LogP contribution >= 0.6 is 0 Å². The van der Waals surface area contributed by atoms with E-state index in [1.165, 1.54) is 0 Å². The highest BCUT2D eigenvalue weighted by Crippen LogP contribution is 1.95. The molecule has 0 fully saturated rings. The lowest BCUT2D eigenvalue weighted by Crippen LogP contribution is -2.52. The van der Waals surface area contributed by atoms with Crippen LogP contribution in [0.2, 0.25) is 0 Å². The van der Waals surface area contributed by atoms with Gasteiger partial charge in [0.15, 0.2) is 0 Å². The molecule has 0 aromatic carbocycles.